The minimum Gasteiger partial charge on any atom is -0.372 e. The molecule has 0 saturated heterocycles. The van der Waals surface area contributed by atoms with Crippen molar-refractivity contribution in [2.24, 2.45) is 0 Å². The largest absolute Gasteiger partial charge is 0.372 e. The van der Waals surface area contributed by atoms with Gasteiger partial charge in [0.2, 0.25) is 5.91 Å². The first-order valence-corrected chi connectivity index (χ1v) is 10.2. The molecule has 146 valence electrons. The van der Waals surface area contributed by atoms with Crippen LogP contribution in [0.15, 0.2) is 60.0 Å². The summed E-state index contributed by atoms with van der Waals surface area (Å²) in [6, 6.07) is 16.9. The number of benzene rings is 2. The summed E-state index contributed by atoms with van der Waals surface area (Å²) in [4.78, 5) is 18.5. The van der Waals surface area contributed by atoms with Gasteiger partial charge in [-0.1, -0.05) is 42.5 Å². The number of carbonyl (C=O) groups excluding carboxylic acids is 1. The number of aromatic nitrogens is 1. The topological polar surface area (TPSA) is 45.2 Å². The number of nitrogens with zero attached hydrogens (tertiary/aromatic N) is 2. The molecule has 1 N–H and O–H groups in total. The number of thiazole rings is 1. The summed E-state index contributed by atoms with van der Waals surface area (Å²) in [5.74, 6) is -0.269. The van der Waals surface area contributed by atoms with Gasteiger partial charge in [-0.05, 0) is 24.1 Å². The molecule has 3 aromatic rings. The molecule has 1 aromatic heterocycles. The van der Waals surface area contributed by atoms with Crippen molar-refractivity contribution in [3.8, 4) is 0 Å². The van der Waals surface area contributed by atoms with E-state index in [1.807, 2.05) is 41.6 Å². The summed E-state index contributed by atoms with van der Waals surface area (Å²) in [5.41, 5.74) is 2.59. The van der Waals surface area contributed by atoms with Crippen LogP contribution in [0.2, 0.25) is 0 Å². The molecular formula is C22H24FN3OS. The molecule has 0 saturated carbocycles. The molecule has 0 fully saturated rings. The highest BCUT2D eigenvalue weighted by atomic mass is 32.1. The van der Waals surface area contributed by atoms with E-state index in [9.17, 15) is 9.18 Å². The Morgan fingerprint density at radius 3 is 2.68 bits per heavy atom. The zero-order chi connectivity index (χ0) is 19.8. The Kier molecular flexibility index (Phi) is 7.14. The minimum atomic E-state index is -0.233. The van der Waals surface area contributed by atoms with Gasteiger partial charge in [-0.2, -0.15) is 0 Å². The normalized spacial score (nSPS) is 10.6. The van der Waals surface area contributed by atoms with E-state index in [4.69, 9.17) is 0 Å². The Hall–Kier alpha value is -2.73. The first-order valence-electron chi connectivity index (χ1n) is 9.31. The third-order valence-corrected chi connectivity index (χ3v) is 5.29. The van der Waals surface area contributed by atoms with Gasteiger partial charge in [0.25, 0.3) is 0 Å². The van der Waals surface area contributed by atoms with Crippen molar-refractivity contribution in [2.75, 3.05) is 25.0 Å². The molecule has 0 unspecified atom stereocenters. The van der Waals surface area contributed by atoms with Crippen molar-refractivity contribution in [1.29, 1.82) is 0 Å². The molecule has 4 nitrogen and oxygen atoms in total. The fourth-order valence-corrected chi connectivity index (χ4v) is 3.76. The zero-order valence-corrected chi connectivity index (χ0v) is 16.7. The molecule has 0 aliphatic heterocycles. The third-order valence-electron chi connectivity index (χ3n) is 4.40. The molecule has 1 heterocycles. The van der Waals surface area contributed by atoms with Crippen LogP contribution in [0, 0.1) is 5.82 Å². The summed E-state index contributed by atoms with van der Waals surface area (Å²) < 4.78 is 13.7. The van der Waals surface area contributed by atoms with Gasteiger partial charge < -0.3 is 10.2 Å². The van der Waals surface area contributed by atoms with Gasteiger partial charge in [0, 0.05) is 31.9 Å². The van der Waals surface area contributed by atoms with E-state index in [0.29, 0.717) is 18.8 Å². The summed E-state index contributed by atoms with van der Waals surface area (Å²) in [5, 5.41) is 5.88. The van der Waals surface area contributed by atoms with Crippen molar-refractivity contribution < 1.29 is 9.18 Å². The van der Waals surface area contributed by atoms with Gasteiger partial charge >= 0.3 is 0 Å². The standard InChI is InChI=1S/C22H24FN3OS/c1-26(20-11-6-5-10-19(20)23)13-7-12-24-21(27)15-18-16-28-22(25-18)14-17-8-3-2-4-9-17/h2-6,8-11,16H,7,12-15H2,1H3,(H,24,27). The van der Waals surface area contributed by atoms with Gasteiger partial charge in [-0.15, -0.1) is 11.3 Å². The lowest BCUT2D eigenvalue weighted by atomic mass is 10.2. The van der Waals surface area contributed by atoms with E-state index >= 15 is 0 Å². The van der Waals surface area contributed by atoms with E-state index in [1.54, 1.807) is 23.5 Å². The molecule has 28 heavy (non-hydrogen) atoms. The van der Waals surface area contributed by atoms with Crippen LogP contribution in [0.4, 0.5) is 10.1 Å². The molecule has 6 heteroatoms. The van der Waals surface area contributed by atoms with Crippen LogP contribution in [0.1, 0.15) is 22.7 Å². The molecule has 0 aliphatic carbocycles. The molecular weight excluding hydrogens is 373 g/mol. The Morgan fingerprint density at radius 2 is 1.89 bits per heavy atom. The Bertz CT molecular complexity index is 898. The second-order valence-electron chi connectivity index (χ2n) is 6.65. The summed E-state index contributed by atoms with van der Waals surface area (Å²) in [6.45, 7) is 1.22. The van der Waals surface area contributed by atoms with E-state index < -0.39 is 0 Å². The molecule has 1 amide bonds. The second-order valence-corrected chi connectivity index (χ2v) is 7.59. The fourth-order valence-electron chi connectivity index (χ4n) is 2.93. The maximum atomic E-state index is 13.7. The average molecular weight is 398 g/mol. The number of halogens is 1. The number of rotatable bonds is 9. The van der Waals surface area contributed by atoms with Crippen molar-refractivity contribution in [3.63, 3.8) is 0 Å². The number of anilines is 1. The Morgan fingerprint density at radius 1 is 1.14 bits per heavy atom. The number of para-hydroxylation sites is 1. The molecule has 0 spiro atoms. The van der Waals surface area contributed by atoms with Crippen LogP contribution in [0.25, 0.3) is 0 Å². The van der Waals surface area contributed by atoms with Crippen molar-refractivity contribution in [1.82, 2.24) is 10.3 Å². The molecule has 3 rings (SSSR count). The van der Waals surface area contributed by atoms with Gasteiger partial charge in [-0.25, -0.2) is 9.37 Å². The monoisotopic (exact) mass is 397 g/mol. The Balaban J connectivity index is 1.38. The predicted octanol–water partition coefficient (Wildman–Crippen LogP) is 4.06. The van der Waals surface area contributed by atoms with Crippen LogP contribution in [0.5, 0.6) is 0 Å². The molecule has 0 atom stereocenters. The molecule has 2 aromatic carbocycles. The summed E-state index contributed by atoms with van der Waals surface area (Å²) in [6.07, 6.45) is 1.82. The third kappa shape index (κ3) is 5.89. The second kappa shape index (κ2) is 9.99. The quantitative estimate of drug-likeness (QED) is 0.554. The number of hydrogen-bond acceptors (Lipinski definition) is 4. The van der Waals surface area contributed by atoms with Crippen LogP contribution >= 0.6 is 11.3 Å². The van der Waals surface area contributed by atoms with E-state index in [0.717, 1.165) is 23.5 Å². The molecule has 0 bridgehead atoms. The van der Waals surface area contributed by atoms with E-state index in [2.05, 4.69) is 22.4 Å². The number of nitrogens with one attached hydrogen (secondary N) is 1. The van der Waals surface area contributed by atoms with Crippen LogP contribution in [-0.2, 0) is 17.6 Å². The average Bonchev–Trinajstić information content (AvgIpc) is 3.13. The van der Waals surface area contributed by atoms with Gasteiger partial charge in [-0.3, -0.25) is 4.79 Å². The number of carbonyl (C=O) groups is 1. The van der Waals surface area contributed by atoms with Gasteiger partial charge in [0.15, 0.2) is 0 Å². The van der Waals surface area contributed by atoms with Crippen molar-refractivity contribution in [3.05, 3.63) is 82.1 Å². The van der Waals surface area contributed by atoms with Gasteiger partial charge in [0.05, 0.1) is 22.8 Å². The minimum absolute atomic E-state index is 0.0369. The fraction of sp³-hybridized carbons (Fsp3) is 0.273. The maximum Gasteiger partial charge on any atom is 0.226 e. The lowest BCUT2D eigenvalue weighted by Gasteiger charge is -2.19. The maximum absolute atomic E-state index is 13.7. The predicted molar refractivity (Wildman–Crippen MR) is 112 cm³/mol. The SMILES string of the molecule is CN(CCCNC(=O)Cc1csc(Cc2ccccc2)n1)c1ccccc1F. The van der Waals surface area contributed by atoms with Crippen molar-refractivity contribution >= 4 is 22.9 Å². The lowest BCUT2D eigenvalue weighted by Crippen LogP contribution is -2.29. The number of amides is 1. The van der Waals surface area contributed by atoms with Crippen LogP contribution in [0.3, 0.4) is 0 Å². The van der Waals surface area contributed by atoms with E-state index in [-0.39, 0.29) is 18.1 Å². The highest BCUT2D eigenvalue weighted by Gasteiger charge is 2.09. The van der Waals surface area contributed by atoms with E-state index in [1.165, 1.54) is 11.6 Å². The highest BCUT2D eigenvalue weighted by Crippen LogP contribution is 2.17. The highest BCUT2D eigenvalue weighted by molar-refractivity contribution is 7.09. The van der Waals surface area contributed by atoms with Crippen LogP contribution < -0.4 is 10.2 Å². The van der Waals surface area contributed by atoms with Crippen LogP contribution in [-0.4, -0.2) is 31.0 Å². The molecule has 0 aliphatic rings. The van der Waals surface area contributed by atoms with Gasteiger partial charge in [0.1, 0.15) is 5.82 Å². The first kappa shape index (κ1) is 20.0. The number of hydrogen-bond donors (Lipinski definition) is 1. The smallest absolute Gasteiger partial charge is 0.226 e. The van der Waals surface area contributed by atoms with Crippen molar-refractivity contribution in [2.45, 2.75) is 19.3 Å². The lowest BCUT2D eigenvalue weighted by molar-refractivity contribution is -0.120. The summed E-state index contributed by atoms with van der Waals surface area (Å²) >= 11 is 1.58. The first-order chi connectivity index (χ1) is 13.6. The zero-order valence-electron chi connectivity index (χ0n) is 15.9. The Labute approximate surface area is 169 Å². The molecule has 0 radical (unpaired) electrons. The summed E-state index contributed by atoms with van der Waals surface area (Å²) in [7, 11) is 1.85.